The lowest BCUT2D eigenvalue weighted by molar-refractivity contribution is 0.209. The molecule has 0 aromatic rings. The van der Waals surface area contributed by atoms with Crippen molar-refractivity contribution in [2.45, 2.75) is 64.3 Å². The van der Waals surface area contributed by atoms with Crippen LogP contribution in [0.2, 0.25) is 0 Å². The zero-order chi connectivity index (χ0) is 17.3. The molecule has 3 atom stereocenters. The monoisotopic (exact) mass is 320 g/mol. The number of aliphatic hydroxyl groups is 3. The molecule has 23 heavy (non-hydrogen) atoms. The fraction of sp³-hybridized carbons (Fsp3) is 0.500. The Morgan fingerprint density at radius 3 is 1.87 bits per heavy atom. The summed E-state index contributed by atoms with van der Waals surface area (Å²) >= 11 is 0. The van der Waals surface area contributed by atoms with Crippen LogP contribution in [0.25, 0.3) is 0 Å². The van der Waals surface area contributed by atoms with Gasteiger partial charge in [-0.05, 0) is 19.3 Å². The summed E-state index contributed by atoms with van der Waals surface area (Å²) in [6.45, 7) is 4.02. The van der Waals surface area contributed by atoms with Gasteiger partial charge in [-0.3, -0.25) is 0 Å². The lowest BCUT2D eigenvalue weighted by Crippen LogP contribution is -2.00. The predicted octanol–water partition coefficient (Wildman–Crippen LogP) is 3.84. The van der Waals surface area contributed by atoms with Crippen LogP contribution in [0.3, 0.4) is 0 Å². The summed E-state index contributed by atoms with van der Waals surface area (Å²) in [6.07, 6.45) is 20.8. The van der Waals surface area contributed by atoms with E-state index in [1.54, 1.807) is 30.4 Å². The van der Waals surface area contributed by atoms with E-state index in [1.165, 1.54) is 0 Å². The molecule has 0 saturated carbocycles. The highest BCUT2D eigenvalue weighted by Crippen LogP contribution is 2.01. The molecule has 0 rings (SSSR count). The van der Waals surface area contributed by atoms with Crippen LogP contribution >= 0.6 is 0 Å². The summed E-state index contributed by atoms with van der Waals surface area (Å²) in [5.41, 5.74) is 0. The number of hydrogen-bond acceptors (Lipinski definition) is 3. The predicted molar refractivity (Wildman–Crippen MR) is 98.2 cm³/mol. The van der Waals surface area contributed by atoms with E-state index < -0.39 is 12.2 Å². The van der Waals surface area contributed by atoms with Crippen molar-refractivity contribution in [1.29, 1.82) is 0 Å². The number of allylic oxidation sites excluding steroid dienone is 6. The van der Waals surface area contributed by atoms with Crippen LogP contribution in [-0.4, -0.2) is 33.6 Å². The molecule has 0 saturated heterocycles. The summed E-state index contributed by atoms with van der Waals surface area (Å²) < 4.78 is 0. The molecule has 0 aliphatic rings. The van der Waals surface area contributed by atoms with Crippen LogP contribution < -0.4 is 0 Å². The number of hydrogen-bond donors (Lipinski definition) is 3. The Morgan fingerprint density at radius 1 is 0.696 bits per heavy atom. The van der Waals surface area contributed by atoms with E-state index in [9.17, 15) is 15.3 Å². The van der Waals surface area contributed by atoms with Gasteiger partial charge in [-0.2, -0.15) is 0 Å². The van der Waals surface area contributed by atoms with E-state index >= 15 is 0 Å². The quantitative estimate of drug-likeness (QED) is 0.479. The maximum Gasteiger partial charge on any atom is 0.0758 e. The molecular formula is C20H32O3. The maximum atomic E-state index is 9.74. The van der Waals surface area contributed by atoms with Gasteiger partial charge in [0.05, 0.1) is 18.3 Å². The third kappa shape index (κ3) is 15.3. The number of aliphatic hydroxyl groups excluding tert-OH is 3. The molecule has 0 aliphatic heterocycles. The van der Waals surface area contributed by atoms with Gasteiger partial charge in [0.2, 0.25) is 0 Å². The second-order valence-corrected chi connectivity index (χ2v) is 5.46. The third-order valence-electron chi connectivity index (χ3n) is 3.23. The average Bonchev–Trinajstić information content (AvgIpc) is 2.55. The Bertz CT molecular complexity index is 405. The fourth-order valence-electron chi connectivity index (χ4n) is 1.73. The van der Waals surface area contributed by atoms with E-state index in [1.807, 2.05) is 37.3 Å². The molecule has 0 heterocycles. The molecule has 0 radical (unpaired) electrons. The van der Waals surface area contributed by atoms with Gasteiger partial charge >= 0.3 is 0 Å². The van der Waals surface area contributed by atoms with E-state index in [4.69, 9.17) is 0 Å². The number of rotatable bonds is 12. The van der Waals surface area contributed by atoms with Crippen molar-refractivity contribution >= 4 is 0 Å². The van der Waals surface area contributed by atoms with Crippen molar-refractivity contribution in [3.63, 3.8) is 0 Å². The first-order valence-corrected chi connectivity index (χ1v) is 8.49. The van der Waals surface area contributed by atoms with E-state index in [2.05, 4.69) is 6.92 Å². The second kappa shape index (κ2) is 15.5. The Kier molecular flexibility index (Phi) is 14.5. The maximum absolute atomic E-state index is 9.74. The summed E-state index contributed by atoms with van der Waals surface area (Å²) in [7, 11) is 0. The fourth-order valence-corrected chi connectivity index (χ4v) is 1.73. The van der Waals surface area contributed by atoms with Crippen molar-refractivity contribution < 1.29 is 15.3 Å². The van der Waals surface area contributed by atoms with Gasteiger partial charge in [-0.1, -0.05) is 87.4 Å². The van der Waals surface area contributed by atoms with E-state index in [0.29, 0.717) is 12.8 Å². The minimum absolute atomic E-state index is 0.376. The molecular weight excluding hydrogens is 288 g/mol. The molecule has 0 unspecified atom stereocenters. The summed E-state index contributed by atoms with van der Waals surface area (Å²) in [4.78, 5) is 0. The van der Waals surface area contributed by atoms with E-state index in [0.717, 1.165) is 19.3 Å². The first-order valence-electron chi connectivity index (χ1n) is 8.49. The van der Waals surface area contributed by atoms with Gasteiger partial charge in [0, 0.05) is 0 Å². The minimum atomic E-state index is -0.528. The van der Waals surface area contributed by atoms with Gasteiger partial charge in [0.15, 0.2) is 0 Å². The molecule has 0 aromatic carbocycles. The normalized spacial score (nSPS) is 17.3. The summed E-state index contributed by atoms with van der Waals surface area (Å²) in [6, 6.07) is 0. The zero-order valence-electron chi connectivity index (χ0n) is 14.4. The van der Waals surface area contributed by atoms with Crippen LogP contribution in [0.5, 0.6) is 0 Å². The van der Waals surface area contributed by atoms with Gasteiger partial charge in [-0.15, -0.1) is 0 Å². The molecule has 130 valence electrons. The topological polar surface area (TPSA) is 60.7 Å². The standard InChI is InChI=1S/C20H32O3/c1-3-5-13-19(22)15-9-6-7-10-16-20(23)17-12-8-11-14-18(21)4-2/h6-12,14-16,18-23H,3-5,13,17H2,1-2H3/b7-6+,12-8-,14-11+,15-9-,16-10+/t18-,19-,20-/m0/s1. The van der Waals surface area contributed by atoms with Gasteiger partial charge < -0.3 is 15.3 Å². The van der Waals surface area contributed by atoms with Crippen molar-refractivity contribution in [1.82, 2.24) is 0 Å². The van der Waals surface area contributed by atoms with Gasteiger partial charge in [0.25, 0.3) is 0 Å². The van der Waals surface area contributed by atoms with Gasteiger partial charge in [0.1, 0.15) is 0 Å². The molecule has 0 amide bonds. The van der Waals surface area contributed by atoms with Crippen molar-refractivity contribution in [3.05, 3.63) is 60.8 Å². The van der Waals surface area contributed by atoms with Crippen molar-refractivity contribution in [2.24, 2.45) is 0 Å². The van der Waals surface area contributed by atoms with Crippen LogP contribution in [-0.2, 0) is 0 Å². The highest BCUT2D eigenvalue weighted by Gasteiger charge is 1.95. The zero-order valence-corrected chi connectivity index (χ0v) is 14.4. The molecule has 0 aliphatic carbocycles. The molecule has 3 nitrogen and oxygen atoms in total. The number of unbranched alkanes of at least 4 members (excludes halogenated alkanes) is 1. The van der Waals surface area contributed by atoms with Crippen LogP contribution in [0.1, 0.15) is 46.0 Å². The Balaban J connectivity index is 3.93. The lowest BCUT2D eigenvalue weighted by atomic mass is 10.1. The van der Waals surface area contributed by atoms with Crippen LogP contribution in [0, 0.1) is 0 Å². The average molecular weight is 320 g/mol. The van der Waals surface area contributed by atoms with E-state index in [-0.39, 0.29) is 6.10 Å². The first-order chi connectivity index (χ1) is 11.1. The Morgan fingerprint density at radius 2 is 1.26 bits per heavy atom. The smallest absolute Gasteiger partial charge is 0.0758 e. The largest absolute Gasteiger partial charge is 0.389 e. The van der Waals surface area contributed by atoms with Crippen molar-refractivity contribution in [2.75, 3.05) is 0 Å². The molecule has 0 aromatic heterocycles. The highest BCUT2D eigenvalue weighted by molar-refractivity contribution is 5.13. The molecule has 3 heteroatoms. The molecule has 0 spiro atoms. The first kappa shape index (κ1) is 21.6. The highest BCUT2D eigenvalue weighted by atomic mass is 16.3. The Labute approximate surface area is 141 Å². The van der Waals surface area contributed by atoms with Crippen LogP contribution in [0.4, 0.5) is 0 Å². The summed E-state index contributed by atoms with van der Waals surface area (Å²) in [5.74, 6) is 0. The second-order valence-electron chi connectivity index (χ2n) is 5.46. The lowest BCUT2D eigenvalue weighted by Gasteiger charge is -2.01. The van der Waals surface area contributed by atoms with Crippen LogP contribution in [0.15, 0.2) is 60.8 Å². The SMILES string of the molecule is CCCC[C@H](O)\C=C/C=C/C=C/[C@H](O)C/C=C\C=C\[C@@H](O)CC. The Hall–Kier alpha value is -1.42. The van der Waals surface area contributed by atoms with Gasteiger partial charge in [-0.25, -0.2) is 0 Å². The minimum Gasteiger partial charge on any atom is -0.389 e. The molecule has 3 N–H and O–H groups in total. The third-order valence-corrected chi connectivity index (χ3v) is 3.23. The van der Waals surface area contributed by atoms with Crippen molar-refractivity contribution in [3.8, 4) is 0 Å². The summed E-state index contributed by atoms with van der Waals surface area (Å²) in [5, 5.41) is 28.7. The molecule has 0 bridgehead atoms. The molecule has 0 fully saturated rings.